The van der Waals surface area contributed by atoms with Crippen molar-refractivity contribution in [2.75, 3.05) is 13.7 Å². The Morgan fingerprint density at radius 3 is 2.41 bits per heavy atom. The number of carbonyl (C=O) groups is 1. The lowest BCUT2D eigenvalue weighted by Crippen LogP contribution is -2.19. The third kappa shape index (κ3) is 6.16. The Hall–Kier alpha value is -2.16. The minimum absolute atomic E-state index is 0.0371. The summed E-state index contributed by atoms with van der Waals surface area (Å²) in [5.41, 5.74) is 6.02. The van der Waals surface area contributed by atoms with Gasteiger partial charge in [-0.15, -0.1) is 13.2 Å². The molecular weight excluding hydrogens is 434 g/mol. The molecule has 2 aromatic rings. The van der Waals surface area contributed by atoms with Gasteiger partial charge in [-0.3, -0.25) is 4.79 Å². The number of amides is 1. The smallest absolute Gasteiger partial charge is 0.496 e. The molecular formula is C19H18Cl2F3NO4. The summed E-state index contributed by atoms with van der Waals surface area (Å²) >= 11 is 12.0. The SMILES string of the molecule is COc1c(CC(CCO)c2ccc(Cl)c(Cl)c2)cc(OC(F)(F)F)cc1C(N)=O. The van der Waals surface area contributed by atoms with Crippen molar-refractivity contribution in [2.45, 2.75) is 25.1 Å². The molecule has 0 radical (unpaired) electrons. The van der Waals surface area contributed by atoms with Crippen molar-refractivity contribution in [1.29, 1.82) is 0 Å². The quantitative estimate of drug-likeness (QED) is 0.608. The van der Waals surface area contributed by atoms with Crippen LogP contribution in [0.25, 0.3) is 0 Å². The number of halogens is 5. The number of ether oxygens (including phenoxy) is 2. The Morgan fingerprint density at radius 1 is 1.21 bits per heavy atom. The van der Waals surface area contributed by atoms with Gasteiger partial charge in [0.25, 0.3) is 5.91 Å². The molecule has 29 heavy (non-hydrogen) atoms. The Kier molecular flexibility index (Phi) is 7.62. The van der Waals surface area contributed by atoms with E-state index in [2.05, 4.69) is 4.74 Å². The van der Waals surface area contributed by atoms with E-state index in [0.29, 0.717) is 15.6 Å². The topological polar surface area (TPSA) is 81.8 Å². The monoisotopic (exact) mass is 451 g/mol. The van der Waals surface area contributed by atoms with Crippen molar-refractivity contribution in [3.8, 4) is 11.5 Å². The normalized spacial score (nSPS) is 12.5. The van der Waals surface area contributed by atoms with Gasteiger partial charge in [0.15, 0.2) is 0 Å². The van der Waals surface area contributed by atoms with Crippen LogP contribution in [0.4, 0.5) is 13.2 Å². The standard InChI is InChI=1S/C19H18Cl2F3NO4/c1-28-17-12(7-13(29-19(22,23)24)9-14(17)18(25)27)6-11(4-5-26)10-2-3-15(20)16(21)8-10/h2-3,7-9,11,26H,4-6H2,1H3,(H2,25,27). The van der Waals surface area contributed by atoms with Crippen LogP contribution >= 0.6 is 23.2 Å². The van der Waals surface area contributed by atoms with Gasteiger partial charge < -0.3 is 20.3 Å². The van der Waals surface area contributed by atoms with Crippen molar-refractivity contribution < 1.29 is 32.5 Å². The zero-order chi connectivity index (χ0) is 21.8. The van der Waals surface area contributed by atoms with Crippen LogP contribution in [-0.4, -0.2) is 31.1 Å². The summed E-state index contributed by atoms with van der Waals surface area (Å²) in [7, 11) is 1.27. The largest absolute Gasteiger partial charge is 0.573 e. The van der Waals surface area contributed by atoms with Crippen LogP contribution in [-0.2, 0) is 6.42 Å². The average Bonchev–Trinajstić information content (AvgIpc) is 2.62. The first kappa shape index (κ1) is 23.1. The van der Waals surface area contributed by atoms with Crippen molar-refractivity contribution in [3.05, 3.63) is 57.1 Å². The Labute approximate surface area is 175 Å². The predicted molar refractivity (Wildman–Crippen MR) is 103 cm³/mol. The fourth-order valence-corrected chi connectivity index (χ4v) is 3.31. The molecule has 0 saturated heterocycles. The molecule has 0 heterocycles. The number of aliphatic hydroxyl groups excluding tert-OH is 1. The number of nitrogens with two attached hydrogens (primary N) is 1. The maximum absolute atomic E-state index is 12.7. The van der Waals surface area contributed by atoms with Gasteiger partial charge in [0.2, 0.25) is 0 Å². The molecule has 1 unspecified atom stereocenters. The van der Waals surface area contributed by atoms with Crippen LogP contribution in [0, 0.1) is 0 Å². The van der Waals surface area contributed by atoms with Gasteiger partial charge >= 0.3 is 6.36 Å². The predicted octanol–water partition coefficient (Wildman–Crippen LogP) is 4.71. The van der Waals surface area contributed by atoms with Gasteiger partial charge in [0.1, 0.15) is 11.5 Å². The number of hydrogen-bond donors (Lipinski definition) is 2. The van der Waals surface area contributed by atoms with Crippen LogP contribution in [0.5, 0.6) is 11.5 Å². The number of hydrogen-bond acceptors (Lipinski definition) is 4. The molecule has 0 aliphatic heterocycles. The molecule has 0 spiro atoms. The summed E-state index contributed by atoms with van der Waals surface area (Å²) in [6.45, 7) is -0.186. The summed E-state index contributed by atoms with van der Waals surface area (Å²) in [4.78, 5) is 11.7. The van der Waals surface area contributed by atoms with Gasteiger partial charge in [0, 0.05) is 6.61 Å². The van der Waals surface area contributed by atoms with Gasteiger partial charge in [-0.1, -0.05) is 29.3 Å². The van der Waals surface area contributed by atoms with E-state index in [0.717, 1.165) is 12.1 Å². The van der Waals surface area contributed by atoms with Gasteiger partial charge in [-0.2, -0.15) is 0 Å². The average molecular weight is 452 g/mol. The Morgan fingerprint density at radius 2 is 1.90 bits per heavy atom. The number of alkyl halides is 3. The highest BCUT2D eigenvalue weighted by Crippen LogP contribution is 2.37. The van der Waals surface area contributed by atoms with Gasteiger partial charge in [-0.25, -0.2) is 0 Å². The molecule has 10 heteroatoms. The molecule has 2 aromatic carbocycles. The molecule has 0 fully saturated rings. The molecule has 2 rings (SSSR count). The van der Waals surface area contributed by atoms with E-state index < -0.39 is 18.0 Å². The minimum Gasteiger partial charge on any atom is -0.496 e. The number of carbonyl (C=O) groups excluding carboxylic acids is 1. The second-order valence-electron chi connectivity index (χ2n) is 6.16. The van der Waals surface area contributed by atoms with E-state index in [9.17, 15) is 23.1 Å². The summed E-state index contributed by atoms with van der Waals surface area (Å²) in [5, 5.41) is 10.1. The summed E-state index contributed by atoms with van der Waals surface area (Å²) in [6, 6.07) is 6.89. The molecule has 0 aliphatic carbocycles. The Bertz CT molecular complexity index is 890. The van der Waals surface area contributed by atoms with Crippen molar-refractivity contribution in [3.63, 3.8) is 0 Å². The van der Waals surface area contributed by atoms with Crippen LogP contribution in [0.1, 0.15) is 33.8 Å². The minimum atomic E-state index is -4.95. The van der Waals surface area contributed by atoms with Crippen molar-refractivity contribution in [2.24, 2.45) is 5.73 Å². The summed E-state index contributed by atoms with van der Waals surface area (Å²) < 4.78 is 47.3. The van der Waals surface area contributed by atoms with Crippen LogP contribution in [0.2, 0.25) is 10.0 Å². The molecule has 5 nitrogen and oxygen atoms in total. The zero-order valence-electron chi connectivity index (χ0n) is 15.2. The lowest BCUT2D eigenvalue weighted by molar-refractivity contribution is -0.274. The fraction of sp³-hybridized carbons (Fsp3) is 0.316. The van der Waals surface area contributed by atoms with Crippen molar-refractivity contribution in [1.82, 2.24) is 0 Å². The second kappa shape index (κ2) is 9.56. The molecule has 0 aliphatic rings. The van der Waals surface area contributed by atoms with E-state index >= 15 is 0 Å². The third-order valence-corrected chi connectivity index (χ3v) is 4.94. The van der Waals surface area contributed by atoms with Crippen LogP contribution in [0.15, 0.2) is 30.3 Å². The first-order valence-corrected chi connectivity index (χ1v) is 9.13. The van der Waals surface area contributed by atoms with E-state index in [4.69, 9.17) is 33.7 Å². The zero-order valence-corrected chi connectivity index (χ0v) is 16.7. The lowest BCUT2D eigenvalue weighted by atomic mass is 9.88. The van der Waals surface area contributed by atoms with E-state index in [-0.39, 0.29) is 42.2 Å². The maximum Gasteiger partial charge on any atom is 0.573 e. The highest BCUT2D eigenvalue weighted by molar-refractivity contribution is 6.42. The highest BCUT2D eigenvalue weighted by atomic mass is 35.5. The van der Waals surface area contributed by atoms with Crippen LogP contribution in [0.3, 0.4) is 0 Å². The number of rotatable bonds is 8. The van der Waals surface area contributed by atoms with Gasteiger partial charge in [0.05, 0.1) is 22.7 Å². The number of benzene rings is 2. The molecule has 1 atom stereocenters. The lowest BCUT2D eigenvalue weighted by Gasteiger charge is -2.21. The summed E-state index contributed by atoms with van der Waals surface area (Å²) in [5.74, 6) is -1.89. The molecule has 0 bridgehead atoms. The number of methoxy groups -OCH3 is 1. The van der Waals surface area contributed by atoms with Gasteiger partial charge in [-0.05, 0) is 54.2 Å². The Balaban J connectivity index is 2.53. The number of aliphatic hydroxyl groups is 1. The molecule has 3 N–H and O–H groups in total. The van der Waals surface area contributed by atoms with Crippen LogP contribution < -0.4 is 15.2 Å². The fourth-order valence-electron chi connectivity index (χ4n) is 3.00. The van der Waals surface area contributed by atoms with E-state index in [1.807, 2.05) is 0 Å². The molecule has 0 saturated carbocycles. The third-order valence-electron chi connectivity index (χ3n) is 4.20. The summed E-state index contributed by atoms with van der Waals surface area (Å²) in [6.07, 6.45) is -4.55. The highest BCUT2D eigenvalue weighted by Gasteiger charge is 2.32. The molecule has 158 valence electrons. The van der Waals surface area contributed by atoms with Crippen molar-refractivity contribution >= 4 is 29.1 Å². The first-order valence-electron chi connectivity index (χ1n) is 8.38. The molecule has 0 aromatic heterocycles. The second-order valence-corrected chi connectivity index (χ2v) is 6.98. The van der Waals surface area contributed by atoms with E-state index in [1.54, 1.807) is 18.2 Å². The maximum atomic E-state index is 12.7. The number of primary amides is 1. The first-order chi connectivity index (χ1) is 13.6. The molecule has 1 amide bonds. The van der Waals surface area contributed by atoms with E-state index in [1.165, 1.54) is 7.11 Å².